The quantitative estimate of drug-likeness (QED) is 0.843. The van der Waals surface area contributed by atoms with Crippen LogP contribution in [0, 0.1) is 0 Å². The highest BCUT2D eigenvalue weighted by Crippen LogP contribution is 2.10. The highest BCUT2D eigenvalue weighted by Gasteiger charge is 2.17. The molecule has 0 saturated carbocycles. The zero-order valence-electron chi connectivity index (χ0n) is 12.2. The number of benzene rings is 1. The SMILES string of the molecule is CCC(C)N(CC(=O)O)Cc1nc2ccccc2c(=O)[nH]1. The van der Waals surface area contributed by atoms with Crippen molar-refractivity contribution in [3.8, 4) is 0 Å². The summed E-state index contributed by atoms with van der Waals surface area (Å²) in [5.41, 5.74) is 0.422. The van der Waals surface area contributed by atoms with Crippen LogP contribution in [0.15, 0.2) is 29.1 Å². The maximum atomic E-state index is 12.0. The third kappa shape index (κ3) is 3.66. The van der Waals surface area contributed by atoms with Crippen LogP contribution in [0.3, 0.4) is 0 Å². The average molecular weight is 289 g/mol. The van der Waals surface area contributed by atoms with Gasteiger partial charge in [-0.3, -0.25) is 14.5 Å². The number of fused-ring (bicyclic) bond motifs is 1. The number of carboxylic acid groups (broad SMARTS) is 1. The molecule has 0 aliphatic heterocycles. The van der Waals surface area contributed by atoms with Gasteiger partial charge in [0.2, 0.25) is 0 Å². The second-order valence-electron chi connectivity index (χ2n) is 5.09. The second kappa shape index (κ2) is 6.49. The normalized spacial score (nSPS) is 12.7. The summed E-state index contributed by atoms with van der Waals surface area (Å²) in [5, 5.41) is 9.54. The number of carboxylic acids is 1. The van der Waals surface area contributed by atoms with E-state index in [0.717, 1.165) is 6.42 Å². The number of nitrogens with zero attached hydrogens (tertiary/aromatic N) is 2. The zero-order chi connectivity index (χ0) is 15.4. The summed E-state index contributed by atoms with van der Waals surface area (Å²) in [7, 11) is 0. The summed E-state index contributed by atoms with van der Waals surface area (Å²) in [6, 6.07) is 7.20. The van der Waals surface area contributed by atoms with Crippen molar-refractivity contribution in [3.05, 3.63) is 40.4 Å². The molecule has 0 bridgehead atoms. The number of rotatable bonds is 6. The maximum Gasteiger partial charge on any atom is 0.317 e. The summed E-state index contributed by atoms with van der Waals surface area (Å²) in [5.74, 6) is -0.404. The Kier molecular flexibility index (Phi) is 4.70. The summed E-state index contributed by atoms with van der Waals surface area (Å²) >= 11 is 0. The van der Waals surface area contributed by atoms with E-state index in [2.05, 4.69) is 9.97 Å². The van der Waals surface area contributed by atoms with E-state index < -0.39 is 5.97 Å². The van der Waals surface area contributed by atoms with Gasteiger partial charge in [0, 0.05) is 6.04 Å². The molecule has 6 nitrogen and oxygen atoms in total. The lowest BCUT2D eigenvalue weighted by Crippen LogP contribution is -2.37. The minimum absolute atomic E-state index is 0.0778. The molecule has 0 aliphatic carbocycles. The number of H-pyrrole nitrogens is 1. The van der Waals surface area contributed by atoms with Crippen LogP contribution in [-0.2, 0) is 11.3 Å². The van der Waals surface area contributed by atoms with Gasteiger partial charge in [0.1, 0.15) is 5.82 Å². The molecule has 0 spiro atoms. The molecule has 0 aliphatic rings. The molecule has 21 heavy (non-hydrogen) atoms. The van der Waals surface area contributed by atoms with Crippen LogP contribution < -0.4 is 5.56 Å². The first-order valence-electron chi connectivity index (χ1n) is 6.95. The van der Waals surface area contributed by atoms with Crippen molar-refractivity contribution in [2.45, 2.75) is 32.9 Å². The van der Waals surface area contributed by atoms with E-state index in [9.17, 15) is 9.59 Å². The number of nitrogens with one attached hydrogen (secondary N) is 1. The van der Waals surface area contributed by atoms with Gasteiger partial charge in [-0.1, -0.05) is 19.1 Å². The van der Waals surface area contributed by atoms with Crippen molar-refractivity contribution in [2.24, 2.45) is 0 Å². The van der Waals surface area contributed by atoms with Crippen molar-refractivity contribution in [1.29, 1.82) is 0 Å². The lowest BCUT2D eigenvalue weighted by atomic mass is 10.2. The molecule has 1 aromatic heterocycles. The highest BCUT2D eigenvalue weighted by molar-refractivity contribution is 5.77. The molecule has 2 rings (SSSR count). The van der Waals surface area contributed by atoms with E-state index in [-0.39, 0.29) is 18.1 Å². The van der Waals surface area contributed by atoms with Gasteiger partial charge in [-0.2, -0.15) is 0 Å². The van der Waals surface area contributed by atoms with Crippen LogP contribution in [0.4, 0.5) is 0 Å². The van der Waals surface area contributed by atoms with E-state index in [1.165, 1.54) is 0 Å². The molecule has 0 amide bonds. The fraction of sp³-hybridized carbons (Fsp3) is 0.400. The molecule has 2 N–H and O–H groups in total. The molecular weight excluding hydrogens is 270 g/mol. The number of aliphatic carboxylic acids is 1. The van der Waals surface area contributed by atoms with Gasteiger partial charge in [0.15, 0.2) is 0 Å². The van der Waals surface area contributed by atoms with Crippen LogP contribution >= 0.6 is 0 Å². The van der Waals surface area contributed by atoms with Crippen molar-refractivity contribution in [3.63, 3.8) is 0 Å². The lowest BCUT2D eigenvalue weighted by molar-refractivity contribution is -0.139. The summed E-state index contributed by atoms with van der Waals surface area (Å²) in [4.78, 5) is 31.9. The molecule has 1 aromatic carbocycles. The molecular formula is C15H19N3O3. The Labute approximate surface area is 122 Å². The molecule has 0 fully saturated rings. The van der Waals surface area contributed by atoms with E-state index in [0.29, 0.717) is 23.3 Å². The van der Waals surface area contributed by atoms with E-state index in [1.54, 1.807) is 23.1 Å². The Bertz CT molecular complexity index is 696. The first-order chi connectivity index (χ1) is 10.0. The largest absolute Gasteiger partial charge is 0.480 e. The molecule has 1 unspecified atom stereocenters. The Morgan fingerprint density at radius 2 is 2.14 bits per heavy atom. The molecule has 1 atom stereocenters. The minimum atomic E-state index is -0.890. The fourth-order valence-electron chi connectivity index (χ4n) is 2.20. The van der Waals surface area contributed by atoms with Crippen molar-refractivity contribution in [2.75, 3.05) is 6.54 Å². The van der Waals surface area contributed by atoms with Gasteiger partial charge in [0.05, 0.1) is 24.0 Å². The second-order valence-corrected chi connectivity index (χ2v) is 5.09. The number of aromatic amines is 1. The van der Waals surface area contributed by atoms with E-state index in [1.807, 2.05) is 19.9 Å². The maximum absolute atomic E-state index is 12.0. The van der Waals surface area contributed by atoms with Gasteiger partial charge in [0.25, 0.3) is 5.56 Å². The number of hydrogen-bond donors (Lipinski definition) is 2. The first kappa shape index (κ1) is 15.2. The van der Waals surface area contributed by atoms with Crippen molar-refractivity contribution < 1.29 is 9.90 Å². The van der Waals surface area contributed by atoms with Gasteiger partial charge < -0.3 is 10.1 Å². The third-order valence-electron chi connectivity index (χ3n) is 3.57. The van der Waals surface area contributed by atoms with Crippen molar-refractivity contribution >= 4 is 16.9 Å². The Balaban J connectivity index is 2.32. The Hall–Kier alpha value is -2.21. The Morgan fingerprint density at radius 1 is 1.43 bits per heavy atom. The van der Waals surface area contributed by atoms with Gasteiger partial charge in [-0.25, -0.2) is 4.98 Å². The van der Waals surface area contributed by atoms with Gasteiger partial charge >= 0.3 is 5.97 Å². The lowest BCUT2D eigenvalue weighted by Gasteiger charge is -2.25. The monoisotopic (exact) mass is 289 g/mol. The molecule has 6 heteroatoms. The Morgan fingerprint density at radius 3 is 2.81 bits per heavy atom. The fourth-order valence-corrected chi connectivity index (χ4v) is 2.20. The van der Waals surface area contributed by atoms with Crippen LogP contribution in [0.2, 0.25) is 0 Å². The summed E-state index contributed by atoms with van der Waals surface area (Å²) < 4.78 is 0. The summed E-state index contributed by atoms with van der Waals surface area (Å²) in [6.45, 7) is 4.19. The number of hydrogen-bond acceptors (Lipinski definition) is 4. The van der Waals surface area contributed by atoms with Crippen LogP contribution in [0.1, 0.15) is 26.1 Å². The molecule has 1 heterocycles. The third-order valence-corrected chi connectivity index (χ3v) is 3.57. The standard InChI is InChI=1S/C15H19N3O3/c1-3-10(2)18(9-14(19)20)8-13-16-12-7-5-4-6-11(12)15(21)17-13/h4-7,10H,3,8-9H2,1-2H3,(H,19,20)(H,16,17,21). The number of carbonyl (C=O) groups is 1. The molecule has 112 valence electrons. The zero-order valence-corrected chi connectivity index (χ0v) is 12.2. The predicted molar refractivity (Wildman–Crippen MR) is 80.2 cm³/mol. The van der Waals surface area contributed by atoms with Crippen molar-refractivity contribution in [1.82, 2.24) is 14.9 Å². The van der Waals surface area contributed by atoms with Gasteiger partial charge in [-0.05, 0) is 25.5 Å². The van der Waals surface area contributed by atoms with Gasteiger partial charge in [-0.15, -0.1) is 0 Å². The van der Waals surface area contributed by atoms with E-state index >= 15 is 0 Å². The van der Waals surface area contributed by atoms with Crippen LogP contribution in [0.5, 0.6) is 0 Å². The highest BCUT2D eigenvalue weighted by atomic mass is 16.4. The topological polar surface area (TPSA) is 86.3 Å². The predicted octanol–water partition coefficient (Wildman–Crippen LogP) is 1.61. The van der Waals surface area contributed by atoms with E-state index in [4.69, 9.17) is 5.11 Å². The number of para-hydroxylation sites is 1. The summed E-state index contributed by atoms with van der Waals surface area (Å²) in [6.07, 6.45) is 0.824. The molecule has 0 radical (unpaired) electrons. The average Bonchev–Trinajstić information content (AvgIpc) is 2.45. The molecule has 2 aromatic rings. The van der Waals surface area contributed by atoms with Crippen LogP contribution in [0.25, 0.3) is 10.9 Å². The smallest absolute Gasteiger partial charge is 0.317 e. The molecule has 0 saturated heterocycles. The first-order valence-corrected chi connectivity index (χ1v) is 6.95. The number of aromatic nitrogens is 2. The minimum Gasteiger partial charge on any atom is -0.480 e. The van der Waals surface area contributed by atoms with Crippen LogP contribution in [-0.4, -0.2) is 38.5 Å².